The molecule has 0 aliphatic rings. The Kier molecular flexibility index (Phi) is 6.02. The van der Waals surface area contributed by atoms with E-state index in [0.717, 1.165) is 0 Å². The molecule has 0 aromatic rings. The summed E-state index contributed by atoms with van der Waals surface area (Å²) in [6.45, 7) is 3.55. The van der Waals surface area contributed by atoms with Crippen molar-refractivity contribution in [1.82, 2.24) is 0 Å². The van der Waals surface area contributed by atoms with E-state index in [1.807, 2.05) is 6.08 Å². The van der Waals surface area contributed by atoms with Gasteiger partial charge in [-0.2, -0.15) is 0 Å². The minimum atomic E-state index is 0.168. The van der Waals surface area contributed by atoms with Crippen LogP contribution in [0.5, 0.6) is 0 Å². The van der Waals surface area contributed by atoms with Gasteiger partial charge < -0.3 is 0 Å². The van der Waals surface area contributed by atoms with Crippen LogP contribution in [0.25, 0.3) is 0 Å². The zero-order valence-corrected chi connectivity index (χ0v) is 6.69. The third-order valence-corrected chi connectivity index (χ3v) is 2.99. The Morgan fingerprint density at radius 3 is 2.60 bits per heavy atom. The molecule has 0 aromatic carbocycles. The number of hydrogen-bond donors (Lipinski definition) is 0. The standard InChI is InChI=1S/C3H5BrTe/c1-2-3-5-4/h2H,1,3H2/q+1. The van der Waals surface area contributed by atoms with E-state index in [1.54, 1.807) is 0 Å². The molecule has 5 heavy (non-hydrogen) atoms. The van der Waals surface area contributed by atoms with Crippen LogP contribution in [0.15, 0.2) is 12.7 Å². The molecule has 0 bridgehead atoms. The molecule has 0 nitrogen and oxygen atoms in total. The first kappa shape index (κ1) is 6.01. The first-order valence-corrected chi connectivity index (χ1v) is 8.13. The molecule has 0 fully saturated rings. The van der Waals surface area contributed by atoms with Gasteiger partial charge in [-0.1, -0.05) is 0 Å². The first-order chi connectivity index (χ1) is 2.41. The topological polar surface area (TPSA) is 0 Å². The van der Waals surface area contributed by atoms with Crippen molar-refractivity contribution in [3.63, 3.8) is 0 Å². The zero-order chi connectivity index (χ0) is 4.12. The van der Waals surface area contributed by atoms with Gasteiger partial charge in [0.05, 0.1) is 0 Å². The Bertz CT molecular complexity index is 28.1. The summed E-state index contributed by atoms with van der Waals surface area (Å²) in [5.41, 5.74) is 0. The Morgan fingerprint density at radius 2 is 2.60 bits per heavy atom. The molecule has 0 aliphatic heterocycles. The summed E-state index contributed by atoms with van der Waals surface area (Å²) in [7, 11) is 0. The fourth-order valence-corrected chi connectivity index (χ4v) is 1.55. The molecular formula is C3H5BrTe+. The molecule has 0 heterocycles. The van der Waals surface area contributed by atoms with Crippen molar-refractivity contribution in [3.05, 3.63) is 12.7 Å². The second-order valence-electron chi connectivity index (χ2n) is 0.564. The van der Waals surface area contributed by atoms with E-state index in [2.05, 4.69) is 19.3 Å². The SMILES string of the molecule is C=CC[Te+]Br. The molecule has 0 atom stereocenters. The van der Waals surface area contributed by atoms with Gasteiger partial charge in [-0.05, 0) is 0 Å². The van der Waals surface area contributed by atoms with Crippen LogP contribution in [0.4, 0.5) is 0 Å². The van der Waals surface area contributed by atoms with Crippen LogP contribution in [-0.2, 0) is 0 Å². The number of rotatable bonds is 2. The molecular weight excluding hydrogens is 244 g/mol. The predicted molar refractivity (Wildman–Crippen MR) is 29.7 cm³/mol. The second kappa shape index (κ2) is 5.01. The second-order valence-corrected chi connectivity index (χ2v) is 5.21. The van der Waals surface area contributed by atoms with Gasteiger partial charge >= 0.3 is 48.6 Å². The Hall–Kier alpha value is 1.01. The van der Waals surface area contributed by atoms with E-state index in [9.17, 15) is 0 Å². The summed E-state index contributed by atoms with van der Waals surface area (Å²) in [6, 6.07) is 0. The van der Waals surface area contributed by atoms with Crippen molar-refractivity contribution in [3.8, 4) is 0 Å². The molecule has 0 amide bonds. The van der Waals surface area contributed by atoms with Crippen molar-refractivity contribution in [2.24, 2.45) is 0 Å². The molecule has 0 N–H and O–H groups in total. The molecule has 0 rings (SSSR count). The summed E-state index contributed by atoms with van der Waals surface area (Å²) in [4.78, 5) is 0. The van der Waals surface area contributed by atoms with Crippen LogP contribution in [0.2, 0.25) is 4.47 Å². The number of allylic oxidation sites excluding steroid dienone is 1. The number of hydrogen-bond acceptors (Lipinski definition) is 0. The van der Waals surface area contributed by atoms with Crippen LogP contribution in [0.3, 0.4) is 0 Å². The van der Waals surface area contributed by atoms with Crippen LogP contribution in [-0.4, -0.2) is 18.7 Å². The Balaban J connectivity index is 2.40. The van der Waals surface area contributed by atoms with Gasteiger partial charge in [-0.15, -0.1) is 0 Å². The number of halogens is 1. The van der Waals surface area contributed by atoms with Crippen molar-refractivity contribution in [2.75, 3.05) is 0 Å². The van der Waals surface area contributed by atoms with Crippen LogP contribution in [0.1, 0.15) is 0 Å². The normalized spacial score (nSPS) is 7.40. The third-order valence-electron chi connectivity index (χ3n) is 0.181. The summed E-state index contributed by atoms with van der Waals surface area (Å²) >= 11 is 3.54. The van der Waals surface area contributed by atoms with E-state index in [1.165, 1.54) is 4.47 Å². The minimum absolute atomic E-state index is 0.168. The monoisotopic (exact) mass is 250 g/mol. The molecule has 1 radical (unpaired) electrons. The molecule has 0 aliphatic carbocycles. The summed E-state index contributed by atoms with van der Waals surface area (Å²) < 4.78 is 1.20. The first-order valence-electron chi connectivity index (χ1n) is 1.26. The van der Waals surface area contributed by atoms with Gasteiger partial charge in [0.1, 0.15) is 0 Å². The zero-order valence-electron chi connectivity index (χ0n) is 2.78. The van der Waals surface area contributed by atoms with Gasteiger partial charge in [0.15, 0.2) is 0 Å². The average molecular weight is 249 g/mol. The van der Waals surface area contributed by atoms with E-state index in [4.69, 9.17) is 0 Å². The summed E-state index contributed by atoms with van der Waals surface area (Å²) in [5.74, 6) is 0. The Morgan fingerprint density at radius 1 is 2.00 bits per heavy atom. The molecule has 0 saturated carbocycles. The molecule has 0 saturated heterocycles. The van der Waals surface area contributed by atoms with Gasteiger partial charge in [-0.25, -0.2) is 0 Å². The fraction of sp³-hybridized carbons (Fsp3) is 0.333. The van der Waals surface area contributed by atoms with Gasteiger partial charge in [0.2, 0.25) is 0 Å². The van der Waals surface area contributed by atoms with Crippen LogP contribution >= 0.6 is 12.8 Å². The van der Waals surface area contributed by atoms with Crippen molar-refractivity contribution >= 4 is 31.5 Å². The predicted octanol–water partition coefficient (Wildman–Crippen LogP) is 1.60. The molecule has 0 spiro atoms. The van der Waals surface area contributed by atoms with Crippen molar-refractivity contribution < 1.29 is 0 Å². The molecule has 29 valence electrons. The maximum atomic E-state index is 3.55. The molecule has 0 unspecified atom stereocenters. The van der Waals surface area contributed by atoms with E-state index < -0.39 is 0 Å². The van der Waals surface area contributed by atoms with Crippen LogP contribution < -0.4 is 0 Å². The van der Waals surface area contributed by atoms with Crippen LogP contribution in [0, 0.1) is 0 Å². The molecule has 0 aromatic heterocycles. The third kappa shape index (κ3) is 5.01. The summed E-state index contributed by atoms with van der Waals surface area (Å²) in [6.07, 6.45) is 1.94. The van der Waals surface area contributed by atoms with Crippen molar-refractivity contribution in [1.29, 1.82) is 0 Å². The van der Waals surface area contributed by atoms with Gasteiger partial charge in [-0.3, -0.25) is 0 Å². The van der Waals surface area contributed by atoms with Crippen molar-refractivity contribution in [2.45, 2.75) is 4.47 Å². The van der Waals surface area contributed by atoms with E-state index in [0.29, 0.717) is 0 Å². The Labute approximate surface area is 48.5 Å². The van der Waals surface area contributed by atoms with E-state index >= 15 is 0 Å². The van der Waals surface area contributed by atoms with Gasteiger partial charge in [0.25, 0.3) is 0 Å². The van der Waals surface area contributed by atoms with Gasteiger partial charge in [0, 0.05) is 0 Å². The fourth-order valence-electron chi connectivity index (χ4n) is 0.0445. The maximum absolute atomic E-state index is 3.55. The quantitative estimate of drug-likeness (QED) is 0.514. The average Bonchev–Trinajstić information content (AvgIpc) is 1.41. The van der Waals surface area contributed by atoms with E-state index in [-0.39, 0.29) is 18.7 Å². The summed E-state index contributed by atoms with van der Waals surface area (Å²) in [5, 5.41) is 0. The molecule has 2 heteroatoms.